The van der Waals surface area contributed by atoms with Gasteiger partial charge in [0.15, 0.2) is 11.5 Å². The van der Waals surface area contributed by atoms with E-state index < -0.39 is 6.10 Å². The zero-order valence-electron chi connectivity index (χ0n) is 9.67. The molecule has 1 unspecified atom stereocenters. The van der Waals surface area contributed by atoms with Gasteiger partial charge >= 0.3 is 0 Å². The monoisotopic (exact) mass is 247 g/mol. The molecule has 0 saturated heterocycles. The van der Waals surface area contributed by atoms with Crippen LogP contribution in [-0.2, 0) is 0 Å². The van der Waals surface area contributed by atoms with Gasteiger partial charge in [-0.3, -0.25) is 0 Å². The number of nitrogens with zero attached hydrogens (tertiary/aromatic N) is 2. The molecule has 94 valence electrons. The molecule has 18 heavy (non-hydrogen) atoms. The largest absolute Gasteiger partial charge is 0.490 e. The summed E-state index contributed by atoms with van der Waals surface area (Å²) >= 11 is 0. The molecule has 0 radical (unpaired) electrons. The molecule has 1 atom stereocenters. The van der Waals surface area contributed by atoms with Gasteiger partial charge in [0.05, 0.1) is 19.4 Å². The lowest BCUT2D eigenvalue weighted by molar-refractivity contribution is 0.214. The zero-order valence-corrected chi connectivity index (χ0v) is 9.67. The number of H-pyrrole nitrogens is 1. The molecule has 1 aromatic carbocycles. The molecule has 1 aromatic heterocycles. The van der Waals surface area contributed by atoms with Crippen LogP contribution in [0.4, 0.5) is 0 Å². The smallest absolute Gasteiger partial charge is 0.161 e. The third kappa shape index (κ3) is 2.02. The minimum Gasteiger partial charge on any atom is -0.490 e. The van der Waals surface area contributed by atoms with Crippen LogP contribution in [-0.4, -0.2) is 33.7 Å². The second-order valence-electron chi connectivity index (χ2n) is 4.05. The standard InChI is InChI=1S/C12H13N3O3/c16-12(9-7-13-15-14-9)8-2-3-10-11(6-8)18-5-1-4-17-10/h2-3,6-7,12,16H,1,4-5H2,(H,13,14,15). The summed E-state index contributed by atoms with van der Waals surface area (Å²) in [4.78, 5) is 0. The van der Waals surface area contributed by atoms with Gasteiger partial charge in [-0.1, -0.05) is 6.07 Å². The van der Waals surface area contributed by atoms with Gasteiger partial charge in [0.1, 0.15) is 11.8 Å². The summed E-state index contributed by atoms with van der Waals surface area (Å²) in [5, 5.41) is 20.2. The Hall–Kier alpha value is -2.08. The van der Waals surface area contributed by atoms with Gasteiger partial charge in [0, 0.05) is 6.42 Å². The van der Waals surface area contributed by atoms with Crippen LogP contribution in [0.25, 0.3) is 0 Å². The molecule has 0 fully saturated rings. The number of aromatic nitrogens is 3. The molecule has 3 rings (SSSR count). The third-order valence-electron chi connectivity index (χ3n) is 2.80. The van der Waals surface area contributed by atoms with E-state index in [1.165, 1.54) is 6.20 Å². The maximum atomic E-state index is 10.1. The van der Waals surface area contributed by atoms with Gasteiger partial charge in [-0.15, -0.1) is 0 Å². The quantitative estimate of drug-likeness (QED) is 0.829. The summed E-state index contributed by atoms with van der Waals surface area (Å²) in [5.41, 5.74) is 1.18. The third-order valence-corrected chi connectivity index (χ3v) is 2.80. The Morgan fingerprint density at radius 3 is 2.83 bits per heavy atom. The van der Waals surface area contributed by atoms with E-state index in [-0.39, 0.29) is 0 Å². The van der Waals surface area contributed by atoms with E-state index >= 15 is 0 Å². The molecule has 0 bridgehead atoms. The number of nitrogens with one attached hydrogen (secondary N) is 1. The van der Waals surface area contributed by atoms with Crippen LogP contribution in [0, 0.1) is 0 Å². The highest BCUT2D eigenvalue weighted by molar-refractivity contribution is 5.45. The molecular weight excluding hydrogens is 234 g/mol. The predicted octanol–water partition coefficient (Wildman–Crippen LogP) is 1.05. The molecule has 1 aliphatic heterocycles. The summed E-state index contributed by atoms with van der Waals surface area (Å²) in [5.74, 6) is 1.37. The topological polar surface area (TPSA) is 80.3 Å². The van der Waals surface area contributed by atoms with Crippen LogP contribution >= 0.6 is 0 Å². The van der Waals surface area contributed by atoms with E-state index in [0.717, 1.165) is 6.42 Å². The first-order valence-corrected chi connectivity index (χ1v) is 5.78. The van der Waals surface area contributed by atoms with E-state index in [2.05, 4.69) is 15.4 Å². The molecule has 0 aliphatic carbocycles. The Bertz CT molecular complexity index is 527. The molecule has 2 heterocycles. The van der Waals surface area contributed by atoms with Crippen molar-refractivity contribution >= 4 is 0 Å². The average molecular weight is 247 g/mol. The maximum Gasteiger partial charge on any atom is 0.161 e. The summed E-state index contributed by atoms with van der Waals surface area (Å²) in [6.45, 7) is 1.27. The molecule has 0 spiro atoms. The van der Waals surface area contributed by atoms with Crippen molar-refractivity contribution in [1.29, 1.82) is 0 Å². The van der Waals surface area contributed by atoms with Gasteiger partial charge in [-0.05, 0) is 17.7 Å². The molecule has 0 saturated carbocycles. The number of hydrogen-bond donors (Lipinski definition) is 2. The maximum absolute atomic E-state index is 10.1. The SMILES string of the molecule is OC(c1ccc2c(c1)OCCCO2)c1cn[nH]n1. The Kier molecular flexibility index (Phi) is 2.85. The van der Waals surface area contributed by atoms with Crippen molar-refractivity contribution in [2.75, 3.05) is 13.2 Å². The van der Waals surface area contributed by atoms with Crippen molar-refractivity contribution in [2.45, 2.75) is 12.5 Å². The number of rotatable bonds is 2. The first kappa shape index (κ1) is 11.0. The highest BCUT2D eigenvalue weighted by atomic mass is 16.5. The van der Waals surface area contributed by atoms with Gasteiger partial charge in [0.2, 0.25) is 0 Å². The van der Waals surface area contributed by atoms with Crippen molar-refractivity contribution in [2.24, 2.45) is 0 Å². The number of benzene rings is 1. The highest BCUT2D eigenvalue weighted by Gasteiger charge is 2.17. The van der Waals surface area contributed by atoms with Crippen molar-refractivity contribution < 1.29 is 14.6 Å². The number of hydrogen-bond acceptors (Lipinski definition) is 5. The molecule has 6 heteroatoms. The lowest BCUT2D eigenvalue weighted by atomic mass is 10.1. The van der Waals surface area contributed by atoms with Crippen LogP contribution < -0.4 is 9.47 Å². The highest BCUT2D eigenvalue weighted by Crippen LogP contribution is 2.33. The van der Waals surface area contributed by atoms with Gasteiger partial charge in [-0.25, -0.2) is 0 Å². The summed E-state index contributed by atoms with van der Waals surface area (Å²) in [7, 11) is 0. The number of ether oxygens (including phenoxy) is 2. The number of aliphatic hydroxyl groups is 1. The van der Waals surface area contributed by atoms with Crippen LogP contribution in [0.1, 0.15) is 23.8 Å². The van der Waals surface area contributed by atoms with Crippen LogP contribution in [0.15, 0.2) is 24.4 Å². The van der Waals surface area contributed by atoms with Gasteiger partial charge < -0.3 is 14.6 Å². The predicted molar refractivity (Wildman–Crippen MR) is 62.5 cm³/mol. The van der Waals surface area contributed by atoms with E-state index in [1.807, 2.05) is 0 Å². The molecule has 2 N–H and O–H groups in total. The minimum atomic E-state index is -0.819. The normalized spacial score (nSPS) is 16.1. The van der Waals surface area contributed by atoms with Crippen molar-refractivity contribution in [1.82, 2.24) is 15.4 Å². The molecule has 1 aliphatic rings. The lowest BCUT2D eigenvalue weighted by Gasteiger charge is -2.12. The second-order valence-corrected chi connectivity index (χ2v) is 4.05. The Labute approximate surface area is 104 Å². The summed E-state index contributed by atoms with van der Waals surface area (Å²) in [6, 6.07) is 5.38. The first-order chi connectivity index (χ1) is 8.84. The first-order valence-electron chi connectivity index (χ1n) is 5.78. The van der Waals surface area contributed by atoms with E-state index in [9.17, 15) is 5.11 Å². The Morgan fingerprint density at radius 2 is 2.06 bits per heavy atom. The fourth-order valence-corrected chi connectivity index (χ4v) is 1.86. The van der Waals surface area contributed by atoms with E-state index in [4.69, 9.17) is 9.47 Å². The average Bonchev–Trinajstić information content (AvgIpc) is 2.83. The molecular formula is C12H13N3O3. The minimum absolute atomic E-state index is 0.476. The van der Waals surface area contributed by atoms with E-state index in [1.54, 1.807) is 18.2 Å². The van der Waals surface area contributed by atoms with Crippen molar-refractivity contribution in [3.63, 3.8) is 0 Å². The number of aliphatic hydroxyl groups excluding tert-OH is 1. The molecule has 0 amide bonds. The van der Waals surface area contributed by atoms with Gasteiger partial charge in [-0.2, -0.15) is 15.4 Å². The van der Waals surface area contributed by atoms with Crippen molar-refractivity contribution in [3.8, 4) is 11.5 Å². The fraction of sp³-hybridized carbons (Fsp3) is 0.333. The number of aromatic amines is 1. The Balaban J connectivity index is 1.92. The van der Waals surface area contributed by atoms with Crippen LogP contribution in [0.3, 0.4) is 0 Å². The van der Waals surface area contributed by atoms with E-state index in [0.29, 0.717) is 36.0 Å². The van der Waals surface area contributed by atoms with Gasteiger partial charge in [0.25, 0.3) is 0 Å². The second kappa shape index (κ2) is 4.66. The summed E-state index contributed by atoms with van der Waals surface area (Å²) < 4.78 is 11.1. The zero-order chi connectivity index (χ0) is 12.4. The van der Waals surface area contributed by atoms with Crippen molar-refractivity contribution in [3.05, 3.63) is 35.7 Å². The Morgan fingerprint density at radius 1 is 1.22 bits per heavy atom. The van der Waals surface area contributed by atoms with Crippen LogP contribution in [0.2, 0.25) is 0 Å². The summed E-state index contributed by atoms with van der Waals surface area (Å²) in [6.07, 6.45) is 1.53. The molecule has 2 aromatic rings. The molecule has 6 nitrogen and oxygen atoms in total. The fourth-order valence-electron chi connectivity index (χ4n) is 1.86. The lowest BCUT2D eigenvalue weighted by Crippen LogP contribution is -2.01. The van der Waals surface area contributed by atoms with Crippen LogP contribution in [0.5, 0.6) is 11.5 Å². The number of fused-ring (bicyclic) bond motifs is 1.